The van der Waals surface area contributed by atoms with E-state index in [0.717, 1.165) is 0 Å². The van der Waals surface area contributed by atoms with Crippen molar-refractivity contribution < 1.29 is 19.1 Å². The van der Waals surface area contributed by atoms with E-state index in [0.29, 0.717) is 30.5 Å². The number of alkyl carbamates (subject to hydrolysis) is 1. The van der Waals surface area contributed by atoms with Gasteiger partial charge in [0.1, 0.15) is 5.56 Å². The molecule has 1 aromatic heterocycles. The van der Waals surface area contributed by atoms with Crippen LogP contribution in [0.25, 0.3) is 0 Å². The zero-order chi connectivity index (χ0) is 21.8. The Morgan fingerprint density at radius 3 is 2.55 bits per heavy atom. The van der Waals surface area contributed by atoms with Gasteiger partial charge in [-0.25, -0.2) is 4.79 Å². The lowest BCUT2D eigenvalue weighted by atomic mass is 9.75. The number of ether oxygens (including phenoxy) is 1. The van der Waals surface area contributed by atoms with Crippen LogP contribution in [0.15, 0.2) is 10.9 Å². The number of Topliss-reactive ketones (excluding diaryl/α,β-unsaturated/α-hetero) is 1. The fourth-order valence-electron chi connectivity index (χ4n) is 3.61. The van der Waals surface area contributed by atoms with Gasteiger partial charge in [-0.2, -0.15) is 0 Å². The third-order valence-electron chi connectivity index (χ3n) is 4.82. The van der Waals surface area contributed by atoms with E-state index in [4.69, 9.17) is 4.74 Å². The predicted octanol–water partition coefficient (Wildman–Crippen LogP) is 2.42. The molecule has 8 nitrogen and oxygen atoms in total. The molecule has 0 spiro atoms. The van der Waals surface area contributed by atoms with Crippen LogP contribution in [0.4, 0.5) is 4.79 Å². The van der Waals surface area contributed by atoms with Crippen molar-refractivity contribution in [3.05, 3.63) is 33.2 Å². The lowest BCUT2D eigenvalue weighted by Crippen LogP contribution is -2.45. The Morgan fingerprint density at radius 1 is 1.24 bits per heavy atom. The van der Waals surface area contributed by atoms with Crippen molar-refractivity contribution >= 4 is 17.8 Å². The molecule has 1 aliphatic carbocycles. The van der Waals surface area contributed by atoms with Crippen molar-refractivity contribution in [3.63, 3.8) is 0 Å². The number of pyridine rings is 1. The number of hydrogen-bond donors (Lipinski definition) is 3. The van der Waals surface area contributed by atoms with E-state index >= 15 is 0 Å². The first-order chi connectivity index (χ1) is 13.5. The Hall–Kier alpha value is -2.64. The number of aromatic amines is 1. The molecule has 2 amide bonds. The largest absolute Gasteiger partial charge is 0.450 e. The molecule has 0 fully saturated rings. The first-order valence-corrected chi connectivity index (χ1v) is 10.0. The number of H-pyrrole nitrogens is 1. The summed E-state index contributed by atoms with van der Waals surface area (Å²) in [6, 6.07) is 1.05. The van der Waals surface area contributed by atoms with E-state index in [2.05, 4.69) is 15.6 Å². The van der Waals surface area contributed by atoms with E-state index in [9.17, 15) is 19.2 Å². The van der Waals surface area contributed by atoms with Gasteiger partial charge in [-0.15, -0.1) is 0 Å². The fourth-order valence-corrected chi connectivity index (χ4v) is 3.61. The number of aromatic nitrogens is 1. The molecule has 1 aromatic rings. The molecule has 0 aromatic carbocycles. The van der Waals surface area contributed by atoms with Gasteiger partial charge in [0.15, 0.2) is 5.78 Å². The van der Waals surface area contributed by atoms with Crippen molar-refractivity contribution in [1.82, 2.24) is 15.6 Å². The smallest absolute Gasteiger partial charge is 0.407 e. The standard InChI is InChI=1S/C21H31N3O5/c1-6-29-20(28)23-13(7-12(2)3)11-22-18(26)15-8-14-16(24-19(15)27)9-21(4,5)10-17(14)25/h8,12-13H,6-7,9-11H2,1-5H3,(H,22,26)(H,23,28)(H,24,27). The van der Waals surface area contributed by atoms with E-state index in [1.807, 2.05) is 27.7 Å². The number of rotatable bonds is 7. The van der Waals surface area contributed by atoms with Gasteiger partial charge in [0, 0.05) is 30.3 Å². The Labute approximate surface area is 170 Å². The van der Waals surface area contributed by atoms with Gasteiger partial charge < -0.3 is 20.4 Å². The maximum Gasteiger partial charge on any atom is 0.407 e. The van der Waals surface area contributed by atoms with Crippen molar-refractivity contribution in [3.8, 4) is 0 Å². The van der Waals surface area contributed by atoms with Crippen LogP contribution in [0.2, 0.25) is 0 Å². The second-order valence-electron chi connectivity index (χ2n) is 8.75. The van der Waals surface area contributed by atoms with Crippen molar-refractivity contribution in [2.75, 3.05) is 13.2 Å². The zero-order valence-corrected chi connectivity index (χ0v) is 17.8. The minimum absolute atomic E-state index is 0.0804. The number of fused-ring (bicyclic) bond motifs is 1. The maximum atomic E-state index is 12.6. The molecule has 1 heterocycles. The van der Waals surface area contributed by atoms with E-state index in [-0.39, 0.29) is 41.9 Å². The fraction of sp³-hybridized carbons (Fsp3) is 0.619. The van der Waals surface area contributed by atoms with Crippen LogP contribution in [0.1, 0.15) is 73.9 Å². The molecule has 1 unspecified atom stereocenters. The Bertz CT molecular complexity index is 841. The molecule has 0 bridgehead atoms. The molecule has 0 saturated heterocycles. The highest BCUT2D eigenvalue weighted by Gasteiger charge is 2.32. The molecule has 0 radical (unpaired) electrons. The number of amides is 2. The highest BCUT2D eigenvalue weighted by molar-refractivity contribution is 6.02. The second kappa shape index (κ2) is 9.24. The van der Waals surface area contributed by atoms with Gasteiger partial charge in [-0.05, 0) is 37.2 Å². The van der Waals surface area contributed by atoms with Gasteiger partial charge >= 0.3 is 6.09 Å². The zero-order valence-electron chi connectivity index (χ0n) is 17.8. The molecule has 160 valence electrons. The third-order valence-corrected chi connectivity index (χ3v) is 4.82. The van der Waals surface area contributed by atoms with Crippen LogP contribution in [-0.4, -0.2) is 42.0 Å². The van der Waals surface area contributed by atoms with Gasteiger partial charge in [-0.1, -0.05) is 27.7 Å². The third kappa shape index (κ3) is 6.17. The van der Waals surface area contributed by atoms with Crippen molar-refractivity contribution in [1.29, 1.82) is 0 Å². The normalized spacial score (nSPS) is 16.1. The molecule has 2 rings (SSSR count). The highest BCUT2D eigenvalue weighted by Crippen LogP contribution is 2.33. The summed E-state index contributed by atoms with van der Waals surface area (Å²) in [7, 11) is 0. The van der Waals surface area contributed by atoms with Gasteiger partial charge in [0.2, 0.25) is 0 Å². The van der Waals surface area contributed by atoms with Crippen LogP contribution in [0.3, 0.4) is 0 Å². The first-order valence-electron chi connectivity index (χ1n) is 10.0. The second-order valence-corrected chi connectivity index (χ2v) is 8.75. The number of carbonyl (C=O) groups is 3. The summed E-state index contributed by atoms with van der Waals surface area (Å²) in [6.45, 7) is 10.1. The number of ketones is 1. The Kier molecular flexibility index (Phi) is 7.21. The van der Waals surface area contributed by atoms with Crippen LogP contribution in [0.5, 0.6) is 0 Å². The molecular formula is C21H31N3O5. The molecule has 8 heteroatoms. The number of carbonyl (C=O) groups excluding carboxylic acids is 3. The Morgan fingerprint density at radius 2 is 1.93 bits per heavy atom. The summed E-state index contributed by atoms with van der Waals surface area (Å²) in [5, 5.41) is 5.41. The number of hydrogen-bond acceptors (Lipinski definition) is 5. The van der Waals surface area contributed by atoms with Crippen LogP contribution in [0, 0.1) is 11.3 Å². The maximum absolute atomic E-state index is 12.6. The minimum atomic E-state index is -0.578. The van der Waals surface area contributed by atoms with Crippen LogP contribution in [-0.2, 0) is 11.2 Å². The molecule has 29 heavy (non-hydrogen) atoms. The quantitative estimate of drug-likeness (QED) is 0.644. The summed E-state index contributed by atoms with van der Waals surface area (Å²) in [6.07, 6.45) is 1.03. The van der Waals surface area contributed by atoms with E-state index in [1.54, 1.807) is 6.92 Å². The lowest BCUT2D eigenvalue weighted by Gasteiger charge is -2.29. The Balaban J connectivity index is 2.13. The van der Waals surface area contributed by atoms with E-state index in [1.165, 1.54) is 6.07 Å². The van der Waals surface area contributed by atoms with Gasteiger partial charge in [0.25, 0.3) is 11.5 Å². The molecule has 1 aliphatic rings. The molecular weight excluding hydrogens is 374 g/mol. The topological polar surface area (TPSA) is 117 Å². The SMILES string of the molecule is CCOC(=O)NC(CNC(=O)c1cc2c([nH]c1=O)CC(C)(C)CC2=O)CC(C)C. The van der Waals surface area contributed by atoms with Gasteiger partial charge in [0.05, 0.1) is 6.61 Å². The predicted molar refractivity (Wildman–Crippen MR) is 109 cm³/mol. The average molecular weight is 405 g/mol. The van der Waals surface area contributed by atoms with Crippen molar-refractivity contribution in [2.24, 2.45) is 11.3 Å². The molecule has 0 aliphatic heterocycles. The summed E-state index contributed by atoms with van der Waals surface area (Å²) in [4.78, 5) is 51.9. The van der Waals surface area contributed by atoms with Crippen LogP contribution < -0.4 is 16.2 Å². The molecule has 1 atom stereocenters. The van der Waals surface area contributed by atoms with E-state index < -0.39 is 17.6 Å². The average Bonchev–Trinajstić information content (AvgIpc) is 2.57. The highest BCUT2D eigenvalue weighted by atomic mass is 16.5. The summed E-state index contributed by atoms with van der Waals surface area (Å²) < 4.78 is 4.90. The first kappa shape index (κ1) is 22.6. The minimum Gasteiger partial charge on any atom is -0.450 e. The molecule has 0 saturated carbocycles. The van der Waals surface area contributed by atoms with Crippen LogP contribution >= 0.6 is 0 Å². The monoisotopic (exact) mass is 405 g/mol. The van der Waals surface area contributed by atoms with Gasteiger partial charge in [-0.3, -0.25) is 14.4 Å². The molecule has 3 N–H and O–H groups in total. The van der Waals surface area contributed by atoms with Crippen molar-refractivity contribution in [2.45, 2.75) is 59.9 Å². The summed E-state index contributed by atoms with van der Waals surface area (Å²) >= 11 is 0. The summed E-state index contributed by atoms with van der Waals surface area (Å²) in [5.41, 5.74) is 0.133. The number of nitrogens with one attached hydrogen (secondary N) is 3. The lowest BCUT2D eigenvalue weighted by molar-refractivity contribution is 0.0909. The summed E-state index contributed by atoms with van der Waals surface area (Å²) in [5.74, 6) is -0.374.